The summed E-state index contributed by atoms with van der Waals surface area (Å²) in [5.74, 6) is 0. The van der Waals surface area contributed by atoms with Crippen molar-refractivity contribution in [3.05, 3.63) is 80.2 Å². The van der Waals surface area contributed by atoms with E-state index in [2.05, 4.69) is 69.2 Å². The molecule has 286 valence electrons. The third-order valence-electron chi connectivity index (χ3n) is 8.03. The molecule has 0 aliphatic rings. The van der Waals surface area contributed by atoms with Gasteiger partial charge in [-0.1, -0.05) is 168 Å². The number of hydrogen-bond donors (Lipinski definition) is 0. The molecule has 3 rings (SSSR count). The molecule has 12 heteroatoms. The van der Waals surface area contributed by atoms with Gasteiger partial charge in [0.15, 0.2) is 0 Å². The van der Waals surface area contributed by atoms with E-state index >= 15 is 0 Å². The van der Waals surface area contributed by atoms with Crippen LogP contribution < -0.4 is 0 Å². The smallest absolute Gasteiger partial charge is 0.120 e. The van der Waals surface area contributed by atoms with E-state index in [0.29, 0.717) is 5.56 Å². The fourth-order valence-corrected chi connectivity index (χ4v) is 12.8. The highest BCUT2D eigenvalue weighted by molar-refractivity contribution is 8.76. The highest BCUT2D eigenvalue weighted by atomic mass is 35.5. The molecular weight excluding hydrogens is 822 g/mol. The van der Waals surface area contributed by atoms with Gasteiger partial charge in [-0.2, -0.15) is 0 Å². The first-order chi connectivity index (χ1) is 21.4. The van der Waals surface area contributed by atoms with E-state index in [-0.39, 0.29) is 46.9 Å². The van der Waals surface area contributed by atoms with Gasteiger partial charge in [0.05, 0.1) is 14.9 Å². The molecule has 50 heavy (non-hydrogen) atoms. The minimum atomic E-state index is -5.34. The van der Waals surface area contributed by atoms with Gasteiger partial charge in [0.1, 0.15) is 0 Å². The Bertz CT molecular complexity index is 1520. The lowest BCUT2D eigenvalue weighted by molar-refractivity contribution is 0.586. The topological polar surface area (TPSA) is 0 Å². The van der Waals surface area contributed by atoms with Crippen molar-refractivity contribution in [2.24, 2.45) is 0 Å². The van der Waals surface area contributed by atoms with Crippen LogP contribution >= 0.6 is 102 Å². The monoisotopic (exact) mass is 872 g/mol. The Kier molecular flexibility index (Phi) is 17.9. The molecule has 3 aromatic carbocycles. The summed E-state index contributed by atoms with van der Waals surface area (Å²) in [6.45, 7) is 29.5. The van der Waals surface area contributed by atoms with Gasteiger partial charge in [0.25, 0.3) is 0 Å². The van der Waals surface area contributed by atoms with Crippen molar-refractivity contribution >= 4 is 102 Å². The zero-order chi connectivity index (χ0) is 37.8. The second-order valence-electron chi connectivity index (χ2n) is 15.1. The SMILES string of the molecule is C.C.Cc1c(Cl)c(C(C)(C)C)c(Cl)c(C)c1S(F)(F)F.Cc1c(Cl)c(C(C)(C)C)c(Cl)c(C)c1SSc1c(C)c(Cl)c(C(C)(C)C)c(Cl)c1C. The zero-order valence-electron chi connectivity index (χ0n) is 30.1. The molecule has 0 radical (unpaired) electrons. The maximum absolute atomic E-state index is 13.1. The second kappa shape index (κ2) is 17.8. The van der Waals surface area contributed by atoms with E-state index in [0.717, 1.165) is 63.3 Å². The van der Waals surface area contributed by atoms with Crippen molar-refractivity contribution in [2.45, 2.75) is 150 Å². The Labute approximate surface area is 341 Å². The van der Waals surface area contributed by atoms with Gasteiger partial charge in [-0.15, -0.1) is 11.7 Å². The second-order valence-corrected chi connectivity index (χ2v) is 20.7. The average Bonchev–Trinajstić information content (AvgIpc) is 2.89. The van der Waals surface area contributed by atoms with Crippen LogP contribution in [-0.4, -0.2) is 0 Å². The third-order valence-corrected chi connectivity index (χ3v) is 14.8. The Hall–Kier alpha value is 0.240. The number of benzene rings is 3. The van der Waals surface area contributed by atoms with Crippen LogP contribution in [0.5, 0.6) is 0 Å². The van der Waals surface area contributed by atoms with Crippen molar-refractivity contribution in [1.82, 2.24) is 0 Å². The minimum absolute atomic E-state index is 0. The number of rotatable bonds is 4. The zero-order valence-corrected chi connectivity index (χ0v) is 37.1. The van der Waals surface area contributed by atoms with Crippen LogP contribution in [0.25, 0.3) is 0 Å². The Morgan fingerprint density at radius 1 is 0.400 bits per heavy atom. The highest BCUT2D eigenvalue weighted by Gasteiger charge is 2.35. The van der Waals surface area contributed by atoms with Crippen LogP contribution in [0.2, 0.25) is 30.1 Å². The average molecular weight is 876 g/mol. The van der Waals surface area contributed by atoms with E-state index in [1.54, 1.807) is 21.6 Å². The van der Waals surface area contributed by atoms with Crippen LogP contribution in [0.4, 0.5) is 11.7 Å². The van der Waals surface area contributed by atoms with E-state index in [9.17, 15) is 11.7 Å². The molecule has 0 aliphatic heterocycles. The summed E-state index contributed by atoms with van der Waals surface area (Å²) in [7, 11) is 3.33. The van der Waals surface area contributed by atoms with Gasteiger partial charge in [-0.05, 0) is 108 Å². The minimum Gasteiger partial charge on any atom is -0.120 e. The van der Waals surface area contributed by atoms with Crippen LogP contribution in [0.1, 0.15) is 127 Å². The predicted octanol–water partition coefficient (Wildman–Crippen LogP) is 18.9. The fraction of sp³-hybridized carbons (Fsp3) is 0.526. The lowest BCUT2D eigenvalue weighted by Crippen LogP contribution is -2.15. The summed E-state index contributed by atoms with van der Waals surface area (Å²) in [4.78, 5) is 1.54. The van der Waals surface area contributed by atoms with Crippen LogP contribution in [-0.2, 0) is 16.2 Å². The highest BCUT2D eigenvalue weighted by Crippen LogP contribution is 2.65. The summed E-state index contributed by atoms with van der Waals surface area (Å²) in [5.41, 5.74) is 6.30. The molecule has 0 N–H and O–H groups in total. The van der Waals surface area contributed by atoms with Crippen LogP contribution in [0.3, 0.4) is 0 Å². The van der Waals surface area contributed by atoms with Gasteiger partial charge in [-0.25, -0.2) is 0 Å². The Balaban J connectivity index is 0.00000104. The van der Waals surface area contributed by atoms with Gasteiger partial charge in [0.2, 0.25) is 11.2 Å². The van der Waals surface area contributed by atoms with Crippen LogP contribution in [0.15, 0.2) is 14.7 Å². The van der Waals surface area contributed by atoms with Crippen molar-refractivity contribution in [3.8, 4) is 0 Å². The van der Waals surface area contributed by atoms with Crippen molar-refractivity contribution < 1.29 is 11.7 Å². The van der Waals surface area contributed by atoms with E-state index < -0.39 is 21.5 Å². The van der Waals surface area contributed by atoms with Gasteiger partial charge in [0, 0.05) is 29.9 Å². The molecule has 0 heterocycles. The lowest BCUT2D eigenvalue weighted by Gasteiger charge is -2.27. The molecule has 0 bridgehead atoms. The summed E-state index contributed by atoms with van der Waals surface area (Å²) in [5, 5.41) is 3.22. The summed E-state index contributed by atoms with van der Waals surface area (Å²) < 4.78 is 39.2. The molecule has 3 aromatic rings. The summed E-state index contributed by atoms with van der Waals surface area (Å²) in [6, 6.07) is 0. The number of hydrogen-bond acceptors (Lipinski definition) is 2. The molecule has 0 aliphatic carbocycles. The Morgan fingerprint density at radius 2 is 0.580 bits per heavy atom. The molecule has 0 fully saturated rings. The third kappa shape index (κ3) is 10.5. The molecule has 0 nitrogen and oxygen atoms in total. The van der Waals surface area contributed by atoms with Gasteiger partial charge < -0.3 is 0 Å². The van der Waals surface area contributed by atoms with Crippen molar-refractivity contribution in [2.75, 3.05) is 0 Å². The molecule has 0 saturated heterocycles. The normalized spacial score (nSPS) is 12.6. The van der Waals surface area contributed by atoms with E-state index in [4.69, 9.17) is 69.6 Å². The number of halogens is 9. The standard InChI is InChI=1S/C24H30Cl4S2.C12H15Cl2F3S.2CH4/c1-11-17(25)15(23(5,6)7)18(26)12(2)21(11)29-30-22-13(3)19(27)16(24(8,9)10)20(28)14(22)4;1-6-9(13)8(12(3,4)5)10(14)7(2)11(6)18(15,16)17;;/h1-10H3;1-5H3;2*1H4. The lowest BCUT2D eigenvalue weighted by atomic mass is 9.85. The fourth-order valence-electron chi connectivity index (χ4n) is 5.51. The molecule has 0 saturated carbocycles. The maximum Gasteiger partial charge on any atom is 0.238 e. The van der Waals surface area contributed by atoms with E-state index in [1.807, 2.05) is 20.8 Å². The molecule has 0 unspecified atom stereocenters. The molecule has 0 spiro atoms. The van der Waals surface area contributed by atoms with Crippen LogP contribution in [0, 0.1) is 41.5 Å². The van der Waals surface area contributed by atoms with Crippen molar-refractivity contribution in [1.29, 1.82) is 0 Å². The summed E-state index contributed by atoms with van der Waals surface area (Å²) >= 11 is 34.0. The maximum atomic E-state index is 13.1. The van der Waals surface area contributed by atoms with Gasteiger partial charge >= 0.3 is 0 Å². The van der Waals surface area contributed by atoms with Gasteiger partial charge in [-0.3, -0.25) is 0 Å². The predicted molar refractivity (Wildman–Crippen MR) is 228 cm³/mol. The first kappa shape index (κ1) is 50.2. The molecule has 0 atom stereocenters. The molecular formula is C38H53Cl6F3S3. The molecule has 0 amide bonds. The quantitative estimate of drug-likeness (QED) is 0.240. The summed E-state index contributed by atoms with van der Waals surface area (Å²) in [6.07, 6.45) is 0. The Morgan fingerprint density at radius 3 is 0.740 bits per heavy atom. The first-order valence-electron chi connectivity index (χ1n) is 15.1. The first-order valence-corrected chi connectivity index (χ1v) is 20.9. The largest absolute Gasteiger partial charge is 0.238 e. The van der Waals surface area contributed by atoms with E-state index in [1.165, 1.54) is 13.8 Å². The van der Waals surface area contributed by atoms with Crippen molar-refractivity contribution in [3.63, 3.8) is 0 Å². The molecule has 0 aromatic heterocycles.